The molecule has 0 bridgehead atoms. The Bertz CT molecular complexity index is 1060. The second-order valence-corrected chi connectivity index (χ2v) is 6.98. The number of amidine groups is 1. The number of halogens is 3. The minimum Gasteiger partial charge on any atom is -0.383 e. The van der Waals surface area contributed by atoms with Crippen LogP contribution < -0.4 is 11.1 Å². The summed E-state index contributed by atoms with van der Waals surface area (Å²) in [7, 11) is 0. The molecule has 0 radical (unpaired) electrons. The van der Waals surface area contributed by atoms with Crippen molar-refractivity contribution in [2.75, 3.05) is 18.4 Å². The molecule has 0 saturated carbocycles. The smallest absolute Gasteiger partial charge is 0.253 e. The van der Waals surface area contributed by atoms with Crippen LogP contribution in [0.15, 0.2) is 41.4 Å². The topological polar surface area (TPSA) is 94.5 Å². The SMILES string of the molecule is N#Cc1ccc(C(=O)N2CC[C@]3(N=C(N)c4c(F)ccc(F)c4N3)[C@H](F)C2)cc1. The van der Waals surface area contributed by atoms with E-state index in [2.05, 4.69) is 10.3 Å². The number of nitrogens with two attached hydrogens (primary N) is 1. The molecule has 0 aromatic heterocycles. The van der Waals surface area contributed by atoms with E-state index in [1.807, 2.05) is 6.07 Å². The summed E-state index contributed by atoms with van der Waals surface area (Å²) in [6.45, 7) is -0.163. The summed E-state index contributed by atoms with van der Waals surface area (Å²) >= 11 is 0. The molecule has 2 aromatic carbocycles. The molecular weight excluding hydrogens is 383 g/mol. The van der Waals surface area contributed by atoms with Gasteiger partial charge in [0.05, 0.1) is 29.4 Å². The second-order valence-electron chi connectivity index (χ2n) is 6.98. The number of piperidine rings is 1. The average Bonchev–Trinajstić information content (AvgIpc) is 2.72. The highest BCUT2D eigenvalue weighted by Crippen LogP contribution is 2.38. The van der Waals surface area contributed by atoms with Gasteiger partial charge in [0.1, 0.15) is 17.5 Å². The van der Waals surface area contributed by atoms with E-state index in [-0.39, 0.29) is 36.6 Å². The summed E-state index contributed by atoms with van der Waals surface area (Å²) < 4.78 is 43.4. The van der Waals surface area contributed by atoms with Gasteiger partial charge >= 0.3 is 0 Å². The molecule has 2 aromatic rings. The lowest BCUT2D eigenvalue weighted by molar-refractivity contribution is 0.0494. The average molecular weight is 399 g/mol. The zero-order chi connectivity index (χ0) is 20.8. The molecule has 4 rings (SSSR count). The Morgan fingerprint density at radius 2 is 1.93 bits per heavy atom. The maximum absolute atomic E-state index is 15.2. The number of hydrogen-bond donors (Lipinski definition) is 2. The Hall–Kier alpha value is -3.54. The van der Waals surface area contributed by atoms with Gasteiger partial charge in [0.15, 0.2) is 11.8 Å². The monoisotopic (exact) mass is 399 g/mol. The number of nitriles is 1. The fourth-order valence-electron chi connectivity index (χ4n) is 3.66. The van der Waals surface area contributed by atoms with E-state index in [4.69, 9.17) is 11.0 Å². The normalized spacial score (nSPS) is 23.0. The summed E-state index contributed by atoms with van der Waals surface area (Å²) in [4.78, 5) is 18.1. The molecule has 9 heteroatoms. The van der Waals surface area contributed by atoms with Crippen LogP contribution in [0.25, 0.3) is 0 Å². The molecule has 1 saturated heterocycles. The van der Waals surface area contributed by atoms with Gasteiger partial charge in [-0.25, -0.2) is 18.2 Å². The summed E-state index contributed by atoms with van der Waals surface area (Å²) in [5.41, 5.74) is 4.53. The van der Waals surface area contributed by atoms with Crippen molar-refractivity contribution in [3.05, 3.63) is 64.7 Å². The molecule has 29 heavy (non-hydrogen) atoms. The van der Waals surface area contributed by atoms with Crippen molar-refractivity contribution in [2.45, 2.75) is 18.3 Å². The highest BCUT2D eigenvalue weighted by atomic mass is 19.1. The number of aliphatic imine (C=N–C) groups is 1. The third-order valence-electron chi connectivity index (χ3n) is 5.23. The number of hydrogen-bond acceptors (Lipinski definition) is 5. The van der Waals surface area contributed by atoms with E-state index < -0.39 is 29.4 Å². The van der Waals surface area contributed by atoms with Gasteiger partial charge in [0.2, 0.25) is 0 Å². The van der Waals surface area contributed by atoms with Crippen LogP contribution in [0.1, 0.15) is 27.9 Å². The fourth-order valence-corrected chi connectivity index (χ4v) is 3.66. The first kappa shape index (κ1) is 18.8. The second kappa shape index (κ2) is 6.81. The Morgan fingerprint density at radius 1 is 1.24 bits per heavy atom. The van der Waals surface area contributed by atoms with Crippen molar-refractivity contribution >= 4 is 17.4 Å². The molecule has 6 nitrogen and oxygen atoms in total. The van der Waals surface area contributed by atoms with Crippen molar-refractivity contribution in [2.24, 2.45) is 10.7 Å². The molecule has 1 fully saturated rings. The number of likely N-dealkylation sites (tertiary alicyclic amines) is 1. The standard InChI is InChI=1S/C20H16F3N5O/c21-13-5-6-14(22)17-16(13)18(25)27-20(26-17)7-8-28(10-15(20)23)19(29)12-3-1-11(9-24)2-4-12/h1-6,15,26H,7-8,10H2,(H2,25,27)/t15-,20+/m1/s1. The van der Waals surface area contributed by atoms with Gasteiger partial charge in [-0.1, -0.05) is 0 Å². The number of carbonyl (C=O) groups excluding carboxylic acids is 1. The minimum absolute atomic E-state index is 0.0201. The summed E-state index contributed by atoms with van der Waals surface area (Å²) in [5.74, 6) is -2.20. The van der Waals surface area contributed by atoms with E-state index >= 15 is 4.39 Å². The molecule has 2 atom stereocenters. The zero-order valence-corrected chi connectivity index (χ0v) is 15.1. The van der Waals surface area contributed by atoms with E-state index in [1.54, 1.807) is 0 Å². The predicted octanol–water partition coefficient (Wildman–Crippen LogP) is 2.55. The van der Waals surface area contributed by atoms with Crippen molar-refractivity contribution in [1.82, 2.24) is 4.90 Å². The molecule has 1 spiro atoms. The molecular formula is C20H16F3N5O. The quantitative estimate of drug-likeness (QED) is 0.771. The predicted molar refractivity (Wildman–Crippen MR) is 100 cm³/mol. The van der Waals surface area contributed by atoms with Crippen molar-refractivity contribution in [3.8, 4) is 6.07 Å². The van der Waals surface area contributed by atoms with Crippen molar-refractivity contribution < 1.29 is 18.0 Å². The van der Waals surface area contributed by atoms with Crippen LogP contribution in [-0.2, 0) is 0 Å². The number of nitrogens with zero attached hydrogens (tertiary/aromatic N) is 3. The van der Waals surface area contributed by atoms with Crippen molar-refractivity contribution in [3.63, 3.8) is 0 Å². The number of benzene rings is 2. The van der Waals surface area contributed by atoms with Gasteiger partial charge in [-0.2, -0.15) is 5.26 Å². The highest BCUT2D eigenvalue weighted by molar-refractivity contribution is 6.04. The number of fused-ring (bicyclic) bond motifs is 1. The lowest BCUT2D eigenvalue weighted by Crippen LogP contribution is -2.60. The summed E-state index contributed by atoms with van der Waals surface area (Å²) in [6, 6.07) is 9.85. The number of nitrogens with one attached hydrogen (secondary N) is 1. The van der Waals surface area contributed by atoms with E-state index in [9.17, 15) is 13.6 Å². The van der Waals surface area contributed by atoms with Crippen LogP contribution in [0.4, 0.5) is 18.9 Å². The Labute approximate surface area is 164 Å². The Balaban J connectivity index is 1.58. The molecule has 2 heterocycles. The van der Waals surface area contributed by atoms with Crippen LogP contribution in [-0.4, -0.2) is 41.6 Å². The molecule has 2 aliphatic rings. The van der Waals surface area contributed by atoms with Gasteiger partial charge in [-0.15, -0.1) is 0 Å². The molecule has 1 amide bonds. The largest absolute Gasteiger partial charge is 0.383 e. The van der Waals surface area contributed by atoms with E-state index in [0.29, 0.717) is 11.1 Å². The van der Waals surface area contributed by atoms with Crippen LogP contribution in [0.5, 0.6) is 0 Å². The molecule has 3 N–H and O–H groups in total. The van der Waals surface area contributed by atoms with Crippen molar-refractivity contribution in [1.29, 1.82) is 5.26 Å². The van der Waals surface area contributed by atoms with Crippen LogP contribution in [0, 0.1) is 23.0 Å². The first-order valence-corrected chi connectivity index (χ1v) is 8.90. The third-order valence-corrected chi connectivity index (χ3v) is 5.23. The maximum Gasteiger partial charge on any atom is 0.253 e. The number of amides is 1. The fraction of sp³-hybridized carbons (Fsp3) is 0.250. The van der Waals surface area contributed by atoms with Gasteiger partial charge in [0.25, 0.3) is 5.91 Å². The number of anilines is 1. The zero-order valence-electron chi connectivity index (χ0n) is 15.1. The van der Waals surface area contributed by atoms with Gasteiger partial charge in [-0.05, 0) is 36.4 Å². The number of rotatable bonds is 1. The van der Waals surface area contributed by atoms with E-state index in [0.717, 1.165) is 12.1 Å². The first-order valence-electron chi connectivity index (χ1n) is 8.90. The van der Waals surface area contributed by atoms with Gasteiger partial charge in [-0.3, -0.25) is 4.79 Å². The summed E-state index contributed by atoms with van der Waals surface area (Å²) in [6.07, 6.45) is -1.68. The van der Waals surface area contributed by atoms with Crippen LogP contribution in [0.2, 0.25) is 0 Å². The first-order chi connectivity index (χ1) is 13.8. The lowest BCUT2D eigenvalue weighted by Gasteiger charge is -2.44. The van der Waals surface area contributed by atoms with E-state index in [1.165, 1.54) is 29.2 Å². The molecule has 2 aliphatic heterocycles. The minimum atomic E-state index is -1.70. The maximum atomic E-state index is 15.2. The number of alkyl halides is 1. The Kier molecular flexibility index (Phi) is 4.42. The Morgan fingerprint density at radius 3 is 2.59 bits per heavy atom. The third kappa shape index (κ3) is 3.06. The summed E-state index contributed by atoms with van der Waals surface area (Å²) in [5, 5.41) is 11.5. The van der Waals surface area contributed by atoms with Gasteiger partial charge < -0.3 is 16.0 Å². The molecule has 148 valence electrons. The lowest BCUT2D eigenvalue weighted by atomic mass is 9.91. The van der Waals surface area contributed by atoms with Crippen LogP contribution >= 0.6 is 0 Å². The number of carbonyl (C=O) groups is 1. The molecule has 0 aliphatic carbocycles. The molecule has 0 unspecified atom stereocenters. The van der Waals surface area contributed by atoms with Crippen LogP contribution in [0.3, 0.4) is 0 Å². The highest BCUT2D eigenvalue weighted by Gasteiger charge is 2.48. The van der Waals surface area contributed by atoms with Gasteiger partial charge in [0, 0.05) is 18.5 Å².